The number of halogens is 4. The van der Waals surface area contributed by atoms with Crippen LogP contribution in [0.5, 0.6) is 0 Å². The fourth-order valence-corrected chi connectivity index (χ4v) is 3.40. The van der Waals surface area contributed by atoms with Gasteiger partial charge in [0.15, 0.2) is 16.2 Å². The Hall–Kier alpha value is -2.49. The van der Waals surface area contributed by atoms with Crippen molar-refractivity contribution in [3.8, 4) is 0 Å². The number of rotatable bonds is 3. The van der Waals surface area contributed by atoms with Gasteiger partial charge in [-0.15, -0.1) is 11.3 Å². The molecule has 2 unspecified atom stereocenters. The fourth-order valence-electron chi connectivity index (χ4n) is 2.87. The third-order valence-corrected chi connectivity index (χ3v) is 5.29. The molecule has 1 aromatic carbocycles. The highest BCUT2D eigenvalue weighted by Gasteiger charge is 2.60. The Morgan fingerprint density at radius 3 is 2.63 bits per heavy atom. The normalized spacial score (nSPS) is 27.1. The number of nitrogens with one attached hydrogen (secondary N) is 1. The van der Waals surface area contributed by atoms with Gasteiger partial charge < -0.3 is 11.1 Å². The molecule has 1 aliphatic rings. The molecule has 0 saturated carbocycles. The van der Waals surface area contributed by atoms with Gasteiger partial charge in [0.1, 0.15) is 11.7 Å². The molecule has 1 aliphatic heterocycles. The average molecular weight is 400 g/mol. The third kappa shape index (κ3) is 3.29. The maximum atomic E-state index is 14.7. The van der Waals surface area contributed by atoms with Crippen molar-refractivity contribution in [2.45, 2.75) is 37.4 Å². The number of anilines is 1. The molecule has 2 heterocycles. The largest absolute Gasteiger partial charge is 0.385 e. The molecule has 27 heavy (non-hydrogen) atoms. The summed E-state index contributed by atoms with van der Waals surface area (Å²) in [6, 6.07) is 3.20. The van der Waals surface area contributed by atoms with E-state index in [1.54, 1.807) is 5.38 Å². The molecule has 5 nitrogen and oxygen atoms in total. The first kappa shape index (κ1) is 19.3. The number of thiazole rings is 1. The lowest BCUT2D eigenvalue weighted by Crippen LogP contribution is -2.56. The van der Waals surface area contributed by atoms with Gasteiger partial charge in [0.05, 0.1) is 6.42 Å². The van der Waals surface area contributed by atoms with E-state index in [4.69, 9.17) is 5.73 Å². The van der Waals surface area contributed by atoms with E-state index < -0.39 is 46.7 Å². The minimum Gasteiger partial charge on any atom is -0.385 e. The van der Waals surface area contributed by atoms with Crippen LogP contribution in [0.4, 0.5) is 23.2 Å². The number of amidine groups is 1. The number of nitrogens with zero attached hydrogens (tertiary/aromatic N) is 2. The Kier molecular flexibility index (Phi) is 4.49. The van der Waals surface area contributed by atoms with Gasteiger partial charge in [-0.05, 0) is 32.0 Å². The van der Waals surface area contributed by atoms with Gasteiger partial charge >= 0.3 is 0 Å². The molecule has 0 spiro atoms. The summed E-state index contributed by atoms with van der Waals surface area (Å²) in [7, 11) is 0. The number of benzene rings is 1. The second kappa shape index (κ2) is 6.29. The molecular formula is C17H16F4N4OS. The van der Waals surface area contributed by atoms with E-state index in [1.807, 2.05) is 0 Å². The van der Waals surface area contributed by atoms with Crippen LogP contribution in [0.3, 0.4) is 0 Å². The minimum atomic E-state index is -3.71. The standard InChI is InChI=1S/C17H16F4N4OS/c1-15(19)8-17(20,21)16(2,25-14(15)22)10-7-9(3-4-11(10)18)24-12(26)13-23-5-6-27-13/h3-7H,8H2,1-2H3,(H2,22,25)(H,24,26). The zero-order valence-electron chi connectivity index (χ0n) is 14.4. The van der Waals surface area contributed by atoms with Crippen LogP contribution in [0.15, 0.2) is 34.8 Å². The molecule has 2 aromatic rings. The second-order valence-electron chi connectivity index (χ2n) is 6.63. The monoisotopic (exact) mass is 400 g/mol. The van der Waals surface area contributed by atoms with Crippen LogP contribution >= 0.6 is 11.3 Å². The lowest BCUT2D eigenvalue weighted by molar-refractivity contribution is -0.106. The maximum absolute atomic E-state index is 14.7. The highest BCUT2D eigenvalue weighted by atomic mass is 32.1. The molecule has 144 valence electrons. The first-order valence-corrected chi connectivity index (χ1v) is 8.78. The van der Waals surface area contributed by atoms with Gasteiger partial charge in [0.2, 0.25) is 0 Å². The number of hydrogen-bond acceptors (Lipinski definition) is 5. The summed E-state index contributed by atoms with van der Waals surface area (Å²) in [5, 5.41) is 4.22. The highest BCUT2D eigenvalue weighted by molar-refractivity contribution is 7.11. The summed E-state index contributed by atoms with van der Waals surface area (Å²) >= 11 is 1.09. The summed E-state index contributed by atoms with van der Waals surface area (Å²) in [5.74, 6) is -5.88. The Morgan fingerprint density at radius 1 is 1.30 bits per heavy atom. The topological polar surface area (TPSA) is 80.4 Å². The maximum Gasteiger partial charge on any atom is 0.284 e. The van der Waals surface area contributed by atoms with Crippen molar-refractivity contribution in [3.63, 3.8) is 0 Å². The zero-order valence-corrected chi connectivity index (χ0v) is 15.2. The van der Waals surface area contributed by atoms with Crippen molar-refractivity contribution in [2.75, 3.05) is 5.32 Å². The van der Waals surface area contributed by atoms with Crippen molar-refractivity contribution < 1.29 is 22.4 Å². The Bertz CT molecular complexity index is 914. The summed E-state index contributed by atoms with van der Waals surface area (Å²) in [4.78, 5) is 19.6. The van der Waals surface area contributed by atoms with Crippen LogP contribution in [0.25, 0.3) is 0 Å². The molecule has 0 aliphatic carbocycles. The molecule has 0 bridgehead atoms. The van der Waals surface area contributed by atoms with Crippen molar-refractivity contribution in [1.82, 2.24) is 4.98 Å². The van der Waals surface area contributed by atoms with Crippen LogP contribution in [0.1, 0.15) is 35.6 Å². The SMILES string of the molecule is CC1(F)CC(F)(F)C(C)(c2cc(NC(=O)c3nccs3)ccc2F)N=C1N. The van der Waals surface area contributed by atoms with Gasteiger partial charge in [-0.2, -0.15) is 0 Å². The Morgan fingerprint density at radius 2 is 2.00 bits per heavy atom. The summed E-state index contributed by atoms with van der Waals surface area (Å²) in [5.41, 5.74) is 0.174. The number of carbonyl (C=O) groups is 1. The lowest BCUT2D eigenvalue weighted by atomic mass is 9.77. The van der Waals surface area contributed by atoms with Crippen molar-refractivity contribution in [1.29, 1.82) is 0 Å². The van der Waals surface area contributed by atoms with Gasteiger partial charge in [0, 0.05) is 22.8 Å². The molecular weight excluding hydrogens is 384 g/mol. The molecule has 0 radical (unpaired) electrons. The van der Waals surface area contributed by atoms with Gasteiger partial charge in [0.25, 0.3) is 11.8 Å². The first-order chi connectivity index (χ1) is 12.5. The fraction of sp³-hybridized carbons (Fsp3) is 0.353. The van der Waals surface area contributed by atoms with E-state index in [0.717, 1.165) is 37.3 Å². The van der Waals surface area contributed by atoms with Crippen molar-refractivity contribution in [2.24, 2.45) is 10.7 Å². The van der Waals surface area contributed by atoms with E-state index in [2.05, 4.69) is 15.3 Å². The van der Waals surface area contributed by atoms with Crippen molar-refractivity contribution >= 4 is 28.8 Å². The summed E-state index contributed by atoms with van der Waals surface area (Å²) in [6.45, 7) is 1.89. The summed E-state index contributed by atoms with van der Waals surface area (Å²) < 4.78 is 58.1. The van der Waals surface area contributed by atoms with Crippen LogP contribution in [0.2, 0.25) is 0 Å². The summed E-state index contributed by atoms with van der Waals surface area (Å²) in [6.07, 6.45) is 0.200. The quantitative estimate of drug-likeness (QED) is 0.768. The Balaban J connectivity index is 2.03. The lowest BCUT2D eigenvalue weighted by Gasteiger charge is -2.42. The smallest absolute Gasteiger partial charge is 0.284 e. The molecule has 0 saturated heterocycles. The number of amides is 1. The predicted molar refractivity (Wildman–Crippen MR) is 94.5 cm³/mol. The van der Waals surface area contributed by atoms with Gasteiger partial charge in [-0.3, -0.25) is 9.79 Å². The molecule has 10 heteroatoms. The van der Waals surface area contributed by atoms with Gasteiger partial charge in [-0.1, -0.05) is 0 Å². The number of aliphatic imine (C=N–C) groups is 1. The number of nitrogens with two attached hydrogens (primary N) is 1. The number of hydrogen-bond donors (Lipinski definition) is 2. The van der Waals surface area contributed by atoms with Crippen LogP contribution in [-0.2, 0) is 5.54 Å². The highest BCUT2D eigenvalue weighted by Crippen LogP contribution is 2.50. The molecule has 3 rings (SSSR count). The van der Waals surface area contributed by atoms with Crippen molar-refractivity contribution in [3.05, 3.63) is 46.2 Å². The molecule has 2 atom stereocenters. The van der Waals surface area contributed by atoms with E-state index in [0.29, 0.717) is 0 Å². The van der Waals surface area contributed by atoms with Crippen LogP contribution < -0.4 is 11.1 Å². The second-order valence-corrected chi connectivity index (χ2v) is 7.53. The average Bonchev–Trinajstić information content (AvgIpc) is 3.08. The van der Waals surface area contributed by atoms with Crippen LogP contribution in [0, 0.1) is 5.82 Å². The van der Waals surface area contributed by atoms with E-state index in [9.17, 15) is 22.4 Å². The molecule has 1 aromatic heterocycles. The minimum absolute atomic E-state index is 0.0750. The Labute approximate surface area is 156 Å². The third-order valence-electron chi connectivity index (χ3n) is 4.52. The molecule has 1 amide bonds. The van der Waals surface area contributed by atoms with E-state index in [1.165, 1.54) is 12.3 Å². The predicted octanol–water partition coefficient (Wildman–Crippen LogP) is 3.87. The molecule has 0 fully saturated rings. The zero-order chi connectivity index (χ0) is 20.0. The molecule has 3 N–H and O–H groups in total. The number of alkyl halides is 3. The number of carbonyl (C=O) groups excluding carboxylic acids is 1. The van der Waals surface area contributed by atoms with E-state index >= 15 is 0 Å². The van der Waals surface area contributed by atoms with E-state index in [-0.39, 0.29) is 10.7 Å². The van der Waals surface area contributed by atoms with Crippen LogP contribution in [-0.4, -0.2) is 28.3 Å². The number of aromatic nitrogens is 1. The first-order valence-electron chi connectivity index (χ1n) is 7.90. The van der Waals surface area contributed by atoms with Gasteiger partial charge in [-0.25, -0.2) is 22.5 Å².